The van der Waals surface area contributed by atoms with E-state index in [1.54, 1.807) is 7.11 Å². The van der Waals surface area contributed by atoms with Crippen molar-refractivity contribution in [1.82, 2.24) is 5.32 Å². The zero-order chi connectivity index (χ0) is 10.8. The summed E-state index contributed by atoms with van der Waals surface area (Å²) in [5, 5.41) is 3.04. The summed E-state index contributed by atoms with van der Waals surface area (Å²) < 4.78 is 4.82. The van der Waals surface area contributed by atoms with Gasteiger partial charge in [-0.1, -0.05) is 6.42 Å². The SMILES string of the molecule is COCC(=O)N[C@@H](C)[C@H]1C[C@H]2CC[C@H]1C2. The van der Waals surface area contributed by atoms with Gasteiger partial charge in [0.2, 0.25) is 5.91 Å². The first-order valence-corrected chi connectivity index (χ1v) is 5.99. The number of ether oxygens (including phenoxy) is 1. The number of hydrogen-bond acceptors (Lipinski definition) is 2. The highest BCUT2D eigenvalue weighted by atomic mass is 16.5. The number of carbonyl (C=O) groups is 1. The molecule has 3 nitrogen and oxygen atoms in total. The van der Waals surface area contributed by atoms with E-state index in [4.69, 9.17) is 4.74 Å². The van der Waals surface area contributed by atoms with Crippen LogP contribution in [0.15, 0.2) is 0 Å². The summed E-state index contributed by atoms with van der Waals surface area (Å²) in [7, 11) is 1.56. The second kappa shape index (κ2) is 4.52. The summed E-state index contributed by atoms with van der Waals surface area (Å²) in [6.07, 6.45) is 5.51. The first-order chi connectivity index (χ1) is 7.20. The Morgan fingerprint density at radius 1 is 1.47 bits per heavy atom. The normalized spacial score (nSPS) is 35.5. The fourth-order valence-electron chi connectivity index (χ4n) is 3.44. The monoisotopic (exact) mass is 211 g/mol. The molecule has 2 aliphatic rings. The number of carbonyl (C=O) groups excluding carboxylic acids is 1. The molecule has 2 bridgehead atoms. The van der Waals surface area contributed by atoms with Crippen LogP contribution in [0.25, 0.3) is 0 Å². The van der Waals surface area contributed by atoms with Gasteiger partial charge in [0.05, 0.1) is 0 Å². The molecule has 2 fully saturated rings. The fraction of sp³-hybridized carbons (Fsp3) is 0.917. The Labute approximate surface area is 91.6 Å². The molecule has 0 aromatic heterocycles. The van der Waals surface area contributed by atoms with Gasteiger partial charge in [-0.05, 0) is 43.9 Å². The lowest BCUT2D eigenvalue weighted by molar-refractivity contribution is -0.125. The van der Waals surface area contributed by atoms with Crippen molar-refractivity contribution in [3.05, 3.63) is 0 Å². The van der Waals surface area contributed by atoms with Gasteiger partial charge in [0.15, 0.2) is 0 Å². The van der Waals surface area contributed by atoms with Crippen LogP contribution < -0.4 is 5.32 Å². The molecular weight excluding hydrogens is 190 g/mol. The van der Waals surface area contributed by atoms with Crippen LogP contribution in [0.5, 0.6) is 0 Å². The largest absolute Gasteiger partial charge is 0.375 e. The number of amides is 1. The van der Waals surface area contributed by atoms with Crippen LogP contribution in [0.3, 0.4) is 0 Å². The molecule has 0 saturated heterocycles. The number of fused-ring (bicyclic) bond motifs is 2. The van der Waals surface area contributed by atoms with Gasteiger partial charge in [0.25, 0.3) is 0 Å². The molecule has 86 valence electrons. The number of rotatable bonds is 4. The minimum atomic E-state index is 0.0211. The van der Waals surface area contributed by atoms with Gasteiger partial charge in [-0.25, -0.2) is 0 Å². The first kappa shape index (κ1) is 10.9. The molecule has 4 atom stereocenters. The maximum Gasteiger partial charge on any atom is 0.246 e. The predicted octanol–water partition coefficient (Wildman–Crippen LogP) is 1.57. The summed E-state index contributed by atoms with van der Waals surface area (Å²) in [6, 6.07) is 0.322. The van der Waals surface area contributed by atoms with E-state index in [0.29, 0.717) is 12.0 Å². The zero-order valence-electron chi connectivity index (χ0n) is 9.66. The lowest BCUT2D eigenvalue weighted by Crippen LogP contribution is -2.41. The van der Waals surface area contributed by atoms with Crippen LogP contribution in [-0.4, -0.2) is 25.7 Å². The van der Waals surface area contributed by atoms with E-state index in [0.717, 1.165) is 11.8 Å². The lowest BCUT2D eigenvalue weighted by atomic mass is 9.84. The summed E-state index contributed by atoms with van der Waals surface area (Å²) in [6.45, 7) is 2.32. The second-order valence-corrected chi connectivity index (χ2v) is 5.13. The molecule has 2 rings (SSSR count). The molecule has 0 aromatic carbocycles. The number of hydrogen-bond donors (Lipinski definition) is 1. The van der Waals surface area contributed by atoms with E-state index in [1.807, 2.05) is 0 Å². The summed E-state index contributed by atoms with van der Waals surface area (Å²) in [5.41, 5.74) is 0. The van der Waals surface area contributed by atoms with Crippen LogP contribution in [0.2, 0.25) is 0 Å². The smallest absolute Gasteiger partial charge is 0.246 e. The van der Waals surface area contributed by atoms with Gasteiger partial charge in [-0.15, -0.1) is 0 Å². The summed E-state index contributed by atoms with van der Waals surface area (Å²) in [5.74, 6) is 2.55. The highest BCUT2D eigenvalue weighted by Crippen LogP contribution is 2.49. The fourth-order valence-corrected chi connectivity index (χ4v) is 3.44. The Balaban J connectivity index is 1.81. The second-order valence-electron chi connectivity index (χ2n) is 5.13. The van der Waals surface area contributed by atoms with Gasteiger partial charge in [-0.2, -0.15) is 0 Å². The molecule has 1 amide bonds. The van der Waals surface area contributed by atoms with Crippen molar-refractivity contribution in [2.75, 3.05) is 13.7 Å². The third-order valence-corrected chi connectivity index (χ3v) is 4.10. The average molecular weight is 211 g/mol. The maximum atomic E-state index is 11.4. The minimum absolute atomic E-state index is 0.0211. The van der Waals surface area contributed by atoms with Crippen molar-refractivity contribution in [3.63, 3.8) is 0 Å². The molecule has 0 radical (unpaired) electrons. The Bertz CT molecular complexity index is 242. The topological polar surface area (TPSA) is 38.3 Å². The molecular formula is C12H21NO2. The van der Waals surface area contributed by atoms with Crippen LogP contribution in [0, 0.1) is 17.8 Å². The number of methoxy groups -OCH3 is 1. The van der Waals surface area contributed by atoms with E-state index in [-0.39, 0.29) is 12.5 Å². The molecule has 15 heavy (non-hydrogen) atoms. The van der Waals surface area contributed by atoms with E-state index >= 15 is 0 Å². The first-order valence-electron chi connectivity index (χ1n) is 5.99. The summed E-state index contributed by atoms with van der Waals surface area (Å²) in [4.78, 5) is 11.4. The minimum Gasteiger partial charge on any atom is -0.375 e. The van der Waals surface area contributed by atoms with Crippen molar-refractivity contribution in [3.8, 4) is 0 Å². The molecule has 2 aliphatic carbocycles. The van der Waals surface area contributed by atoms with Crippen molar-refractivity contribution in [2.24, 2.45) is 17.8 Å². The van der Waals surface area contributed by atoms with Crippen LogP contribution in [0.1, 0.15) is 32.6 Å². The third-order valence-electron chi connectivity index (χ3n) is 4.10. The molecule has 3 heteroatoms. The van der Waals surface area contributed by atoms with Gasteiger partial charge in [0, 0.05) is 13.2 Å². The molecule has 2 saturated carbocycles. The Morgan fingerprint density at radius 3 is 2.80 bits per heavy atom. The van der Waals surface area contributed by atoms with E-state index < -0.39 is 0 Å². The average Bonchev–Trinajstić information content (AvgIpc) is 2.78. The van der Waals surface area contributed by atoms with Gasteiger partial charge in [-0.3, -0.25) is 4.79 Å². The van der Waals surface area contributed by atoms with E-state index in [1.165, 1.54) is 25.7 Å². The Morgan fingerprint density at radius 2 is 2.27 bits per heavy atom. The van der Waals surface area contributed by atoms with Crippen molar-refractivity contribution in [1.29, 1.82) is 0 Å². The zero-order valence-corrected chi connectivity index (χ0v) is 9.66. The third kappa shape index (κ3) is 2.33. The number of nitrogens with one attached hydrogen (secondary N) is 1. The lowest BCUT2D eigenvalue weighted by Gasteiger charge is -2.28. The van der Waals surface area contributed by atoms with Gasteiger partial charge in [0.1, 0.15) is 6.61 Å². The summed E-state index contributed by atoms with van der Waals surface area (Å²) >= 11 is 0. The predicted molar refractivity (Wildman–Crippen MR) is 58.4 cm³/mol. The molecule has 0 aliphatic heterocycles. The van der Waals surface area contributed by atoms with E-state index in [2.05, 4.69) is 12.2 Å². The molecule has 0 spiro atoms. The van der Waals surface area contributed by atoms with Crippen LogP contribution in [0.4, 0.5) is 0 Å². The highest BCUT2D eigenvalue weighted by molar-refractivity contribution is 5.77. The standard InChI is InChI=1S/C12H21NO2/c1-8(13-12(14)7-15-2)11-6-9-3-4-10(11)5-9/h8-11H,3-7H2,1-2H3,(H,13,14)/t8-,9-,10-,11+/m0/s1. The Hall–Kier alpha value is -0.570. The van der Waals surface area contributed by atoms with Crippen molar-refractivity contribution < 1.29 is 9.53 Å². The Kier molecular flexibility index (Phi) is 3.29. The highest BCUT2D eigenvalue weighted by Gasteiger charge is 2.41. The molecule has 0 heterocycles. The van der Waals surface area contributed by atoms with Crippen molar-refractivity contribution >= 4 is 5.91 Å². The quantitative estimate of drug-likeness (QED) is 0.766. The molecule has 0 aromatic rings. The van der Waals surface area contributed by atoms with Crippen LogP contribution in [-0.2, 0) is 9.53 Å². The van der Waals surface area contributed by atoms with Gasteiger partial charge < -0.3 is 10.1 Å². The van der Waals surface area contributed by atoms with Crippen molar-refractivity contribution in [2.45, 2.75) is 38.6 Å². The molecule has 1 N–H and O–H groups in total. The molecule has 0 unspecified atom stereocenters. The maximum absolute atomic E-state index is 11.4. The van der Waals surface area contributed by atoms with Crippen LogP contribution >= 0.6 is 0 Å². The van der Waals surface area contributed by atoms with Gasteiger partial charge >= 0.3 is 0 Å². The van der Waals surface area contributed by atoms with E-state index in [9.17, 15) is 4.79 Å².